The van der Waals surface area contributed by atoms with Crippen molar-refractivity contribution in [2.75, 3.05) is 18.5 Å². The molecule has 1 aromatic rings. The second-order valence-corrected chi connectivity index (χ2v) is 7.33. The van der Waals surface area contributed by atoms with Crippen molar-refractivity contribution in [3.8, 4) is 0 Å². The second-order valence-electron chi connectivity index (χ2n) is 7.33. The van der Waals surface area contributed by atoms with Gasteiger partial charge in [-0.05, 0) is 51.2 Å². The van der Waals surface area contributed by atoms with Crippen LogP contribution >= 0.6 is 0 Å². The molecular formula is C19H23N3O5. The molecule has 4 amide bonds. The monoisotopic (exact) mass is 373 g/mol. The lowest BCUT2D eigenvalue weighted by Gasteiger charge is -2.20. The summed E-state index contributed by atoms with van der Waals surface area (Å²) in [5, 5.41) is 5.32. The van der Waals surface area contributed by atoms with Crippen LogP contribution < -0.4 is 10.6 Å². The fraction of sp³-hybridized carbons (Fsp3) is 0.474. The van der Waals surface area contributed by atoms with Gasteiger partial charge in [0.15, 0.2) is 6.61 Å². The van der Waals surface area contributed by atoms with Gasteiger partial charge in [0.05, 0.1) is 0 Å². The van der Waals surface area contributed by atoms with Crippen molar-refractivity contribution in [3.05, 3.63) is 29.3 Å². The molecule has 144 valence electrons. The Hall–Kier alpha value is -2.90. The summed E-state index contributed by atoms with van der Waals surface area (Å²) in [7, 11) is 0. The molecule has 2 N–H and O–H groups in total. The Morgan fingerprint density at radius 2 is 2.00 bits per heavy atom. The van der Waals surface area contributed by atoms with Crippen LogP contribution in [0.25, 0.3) is 0 Å². The Morgan fingerprint density at radius 3 is 2.63 bits per heavy atom. The number of nitrogens with one attached hydrogen (secondary N) is 2. The molecule has 27 heavy (non-hydrogen) atoms. The zero-order valence-corrected chi connectivity index (χ0v) is 15.6. The predicted molar refractivity (Wildman–Crippen MR) is 96.9 cm³/mol. The number of esters is 1. The molecule has 0 spiro atoms. The first-order valence-electron chi connectivity index (χ1n) is 8.87. The van der Waals surface area contributed by atoms with E-state index in [1.165, 1.54) is 0 Å². The van der Waals surface area contributed by atoms with Crippen LogP contribution in [0.4, 0.5) is 10.5 Å². The highest BCUT2D eigenvalue weighted by atomic mass is 16.5. The number of ether oxygens (including phenoxy) is 1. The van der Waals surface area contributed by atoms with Crippen molar-refractivity contribution in [3.63, 3.8) is 0 Å². The zero-order chi connectivity index (χ0) is 19.8. The van der Waals surface area contributed by atoms with Gasteiger partial charge < -0.3 is 15.4 Å². The Kier molecular flexibility index (Phi) is 4.91. The maximum absolute atomic E-state index is 12.5. The Balaban J connectivity index is 1.50. The number of imide groups is 1. The summed E-state index contributed by atoms with van der Waals surface area (Å²) >= 11 is 0. The number of hydrogen-bond donors (Lipinski definition) is 2. The molecular weight excluding hydrogens is 350 g/mol. The van der Waals surface area contributed by atoms with Crippen LogP contribution in [0.1, 0.15) is 30.9 Å². The molecule has 1 atom stereocenters. The molecule has 0 bridgehead atoms. The minimum atomic E-state index is -0.947. The van der Waals surface area contributed by atoms with E-state index in [1.807, 2.05) is 26.0 Å². The van der Waals surface area contributed by atoms with Crippen LogP contribution in [-0.4, -0.2) is 47.4 Å². The van der Waals surface area contributed by atoms with E-state index in [4.69, 9.17) is 4.74 Å². The number of aryl methyl sites for hydroxylation is 2. The normalized spacial score (nSPS) is 21.8. The number of urea groups is 1. The van der Waals surface area contributed by atoms with Crippen molar-refractivity contribution in [2.24, 2.45) is 5.92 Å². The van der Waals surface area contributed by atoms with Crippen LogP contribution in [-0.2, 0) is 19.1 Å². The summed E-state index contributed by atoms with van der Waals surface area (Å²) in [4.78, 5) is 49.3. The van der Waals surface area contributed by atoms with Crippen molar-refractivity contribution in [1.29, 1.82) is 0 Å². The molecule has 0 aromatic heterocycles. The molecule has 1 aromatic carbocycles. The van der Waals surface area contributed by atoms with Gasteiger partial charge in [0.25, 0.3) is 11.8 Å². The first-order valence-corrected chi connectivity index (χ1v) is 8.87. The lowest BCUT2D eigenvalue weighted by Crippen LogP contribution is -2.46. The summed E-state index contributed by atoms with van der Waals surface area (Å²) in [5.74, 6) is -1.62. The van der Waals surface area contributed by atoms with Crippen LogP contribution in [0.2, 0.25) is 0 Å². The summed E-state index contributed by atoms with van der Waals surface area (Å²) in [6, 6.07) is 4.96. The van der Waals surface area contributed by atoms with Crippen molar-refractivity contribution in [2.45, 2.75) is 39.2 Å². The van der Waals surface area contributed by atoms with Gasteiger partial charge in [-0.1, -0.05) is 17.7 Å². The molecule has 2 fully saturated rings. The minimum absolute atomic E-state index is 0.110. The van der Waals surface area contributed by atoms with Gasteiger partial charge in [0, 0.05) is 5.69 Å². The van der Waals surface area contributed by atoms with Crippen LogP contribution in [0.5, 0.6) is 0 Å². The fourth-order valence-electron chi connectivity index (χ4n) is 3.26. The number of anilines is 1. The highest BCUT2D eigenvalue weighted by molar-refractivity contribution is 6.09. The Labute approximate surface area is 157 Å². The second kappa shape index (κ2) is 7.02. The Morgan fingerprint density at radius 1 is 1.30 bits per heavy atom. The maximum atomic E-state index is 12.5. The van der Waals surface area contributed by atoms with Gasteiger partial charge in [-0.3, -0.25) is 19.3 Å². The number of hydrogen-bond acceptors (Lipinski definition) is 5. The van der Waals surface area contributed by atoms with Crippen molar-refractivity contribution >= 4 is 29.5 Å². The first kappa shape index (κ1) is 18.9. The van der Waals surface area contributed by atoms with Gasteiger partial charge in [0.1, 0.15) is 12.1 Å². The van der Waals surface area contributed by atoms with E-state index >= 15 is 0 Å². The molecule has 1 aliphatic carbocycles. The van der Waals surface area contributed by atoms with Gasteiger partial charge in [-0.25, -0.2) is 4.79 Å². The minimum Gasteiger partial charge on any atom is -0.454 e. The third kappa shape index (κ3) is 3.94. The van der Waals surface area contributed by atoms with Crippen LogP contribution in [0.3, 0.4) is 0 Å². The van der Waals surface area contributed by atoms with E-state index in [1.54, 1.807) is 13.0 Å². The number of benzene rings is 1. The number of rotatable bonds is 6. The molecule has 3 rings (SSSR count). The highest BCUT2D eigenvalue weighted by Gasteiger charge is 2.56. The number of nitrogens with zero attached hydrogens (tertiary/aromatic N) is 1. The van der Waals surface area contributed by atoms with Gasteiger partial charge in [-0.2, -0.15) is 0 Å². The van der Waals surface area contributed by atoms with E-state index in [0.29, 0.717) is 5.69 Å². The van der Waals surface area contributed by atoms with Gasteiger partial charge >= 0.3 is 12.0 Å². The number of amides is 4. The maximum Gasteiger partial charge on any atom is 0.326 e. The SMILES string of the molecule is Cc1ccc(NC(=O)COC(=O)CN2C(=O)N[C@@](C)(C3CC3)C2=O)c(C)c1. The molecule has 2 aliphatic rings. The predicted octanol–water partition coefficient (Wildman–Crippen LogP) is 1.51. The summed E-state index contributed by atoms with van der Waals surface area (Å²) < 4.78 is 4.92. The zero-order valence-electron chi connectivity index (χ0n) is 15.6. The van der Waals surface area contributed by atoms with E-state index in [-0.39, 0.29) is 5.92 Å². The van der Waals surface area contributed by atoms with Crippen molar-refractivity contribution < 1.29 is 23.9 Å². The Bertz CT molecular complexity index is 818. The number of carbonyl (C=O) groups excluding carboxylic acids is 4. The average Bonchev–Trinajstić information content (AvgIpc) is 3.42. The molecule has 8 heteroatoms. The number of carbonyl (C=O) groups is 4. The van der Waals surface area contributed by atoms with E-state index in [0.717, 1.165) is 28.9 Å². The van der Waals surface area contributed by atoms with E-state index in [2.05, 4.69) is 10.6 Å². The van der Waals surface area contributed by atoms with Gasteiger partial charge in [0.2, 0.25) is 0 Å². The van der Waals surface area contributed by atoms with Gasteiger partial charge in [-0.15, -0.1) is 0 Å². The summed E-state index contributed by atoms with van der Waals surface area (Å²) in [6.45, 7) is 4.49. The van der Waals surface area contributed by atoms with E-state index < -0.39 is 42.5 Å². The average molecular weight is 373 g/mol. The summed E-state index contributed by atoms with van der Waals surface area (Å²) in [6.07, 6.45) is 1.75. The highest BCUT2D eigenvalue weighted by Crippen LogP contribution is 2.42. The molecule has 0 radical (unpaired) electrons. The largest absolute Gasteiger partial charge is 0.454 e. The first-order chi connectivity index (χ1) is 12.7. The third-order valence-electron chi connectivity index (χ3n) is 5.00. The lowest BCUT2D eigenvalue weighted by atomic mass is 9.96. The molecule has 0 unspecified atom stereocenters. The molecule has 1 heterocycles. The topological polar surface area (TPSA) is 105 Å². The quantitative estimate of drug-likeness (QED) is 0.581. The lowest BCUT2D eigenvalue weighted by molar-refractivity contribution is -0.150. The summed E-state index contributed by atoms with van der Waals surface area (Å²) in [5.41, 5.74) is 1.66. The third-order valence-corrected chi connectivity index (χ3v) is 5.00. The van der Waals surface area contributed by atoms with Crippen LogP contribution in [0, 0.1) is 19.8 Å². The van der Waals surface area contributed by atoms with E-state index in [9.17, 15) is 19.2 Å². The molecule has 1 saturated carbocycles. The molecule has 1 aliphatic heterocycles. The molecule has 8 nitrogen and oxygen atoms in total. The molecule has 1 saturated heterocycles. The van der Waals surface area contributed by atoms with Crippen LogP contribution in [0.15, 0.2) is 18.2 Å². The fourth-order valence-corrected chi connectivity index (χ4v) is 3.26. The van der Waals surface area contributed by atoms with Crippen molar-refractivity contribution in [1.82, 2.24) is 10.2 Å². The standard InChI is InChI=1S/C19H23N3O5/c1-11-4-7-14(12(2)8-11)20-15(23)10-27-16(24)9-22-17(25)19(3,13-5-6-13)21-18(22)26/h4,7-8,13H,5-6,9-10H2,1-3H3,(H,20,23)(H,21,26)/t19-/m0/s1. The smallest absolute Gasteiger partial charge is 0.326 e.